The summed E-state index contributed by atoms with van der Waals surface area (Å²) >= 11 is 0. The maximum atomic E-state index is 12.7. The Hall–Kier alpha value is -1.23. The Kier molecular flexibility index (Phi) is 2.81. The molecule has 1 aromatic rings. The van der Waals surface area contributed by atoms with Crippen LogP contribution in [0.2, 0.25) is 0 Å². The number of nitrogens with zero attached hydrogens (tertiary/aromatic N) is 3. The molecule has 0 aliphatic carbocycles. The first-order chi connectivity index (χ1) is 7.20. The topological polar surface area (TPSA) is 55.0 Å². The fraction of sp³-hybridized carbons (Fsp3) is 0.600. The molecule has 15 heavy (non-hydrogen) atoms. The molecule has 1 aromatic heterocycles. The molecule has 1 aliphatic rings. The summed E-state index contributed by atoms with van der Waals surface area (Å²) in [7, 11) is 0. The molecule has 2 heterocycles. The van der Waals surface area contributed by atoms with Crippen molar-refractivity contribution in [3.63, 3.8) is 0 Å². The van der Waals surface area contributed by atoms with Gasteiger partial charge in [0.1, 0.15) is 0 Å². The third-order valence-electron chi connectivity index (χ3n) is 2.86. The van der Waals surface area contributed by atoms with Crippen molar-refractivity contribution in [1.82, 2.24) is 9.97 Å². The van der Waals surface area contributed by atoms with Crippen molar-refractivity contribution in [3.05, 3.63) is 18.2 Å². The van der Waals surface area contributed by atoms with E-state index in [1.807, 2.05) is 0 Å². The van der Waals surface area contributed by atoms with E-state index in [1.165, 1.54) is 12.4 Å². The van der Waals surface area contributed by atoms with Crippen molar-refractivity contribution < 1.29 is 4.39 Å². The van der Waals surface area contributed by atoms with Crippen molar-refractivity contribution in [3.8, 4) is 0 Å². The lowest BCUT2D eigenvalue weighted by atomic mass is 10.1. The zero-order chi connectivity index (χ0) is 10.8. The van der Waals surface area contributed by atoms with Crippen LogP contribution in [0.4, 0.5) is 10.3 Å². The first-order valence-corrected chi connectivity index (χ1v) is 5.15. The van der Waals surface area contributed by atoms with Gasteiger partial charge in [-0.3, -0.25) is 0 Å². The molecule has 4 nitrogen and oxygen atoms in total. The molecule has 0 radical (unpaired) electrons. The van der Waals surface area contributed by atoms with E-state index in [-0.39, 0.29) is 0 Å². The second-order valence-electron chi connectivity index (χ2n) is 4.04. The van der Waals surface area contributed by atoms with Gasteiger partial charge in [0.25, 0.3) is 0 Å². The van der Waals surface area contributed by atoms with Gasteiger partial charge in [0.05, 0.1) is 12.4 Å². The van der Waals surface area contributed by atoms with Crippen LogP contribution in [-0.2, 0) is 0 Å². The molecule has 2 rings (SSSR count). The summed E-state index contributed by atoms with van der Waals surface area (Å²) in [6, 6.07) is 0.379. The largest absolute Gasteiger partial charge is 0.338 e. The fourth-order valence-electron chi connectivity index (χ4n) is 2.05. The fourth-order valence-corrected chi connectivity index (χ4v) is 2.05. The summed E-state index contributed by atoms with van der Waals surface area (Å²) in [4.78, 5) is 10.0. The first kappa shape index (κ1) is 10.3. The number of anilines is 1. The predicted molar refractivity (Wildman–Crippen MR) is 56.0 cm³/mol. The highest BCUT2D eigenvalue weighted by atomic mass is 19.1. The molecule has 0 bridgehead atoms. The lowest BCUT2D eigenvalue weighted by Crippen LogP contribution is -2.29. The summed E-state index contributed by atoms with van der Waals surface area (Å²) in [6.45, 7) is 3.66. The van der Waals surface area contributed by atoms with Crippen LogP contribution < -0.4 is 10.6 Å². The van der Waals surface area contributed by atoms with Crippen LogP contribution >= 0.6 is 0 Å². The highest BCUT2D eigenvalue weighted by Gasteiger charge is 2.29. The molecule has 0 amide bonds. The molecule has 1 saturated heterocycles. The lowest BCUT2D eigenvalue weighted by Gasteiger charge is -2.20. The molecule has 2 unspecified atom stereocenters. The van der Waals surface area contributed by atoms with Gasteiger partial charge in [0, 0.05) is 12.6 Å². The van der Waals surface area contributed by atoms with E-state index in [0.717, 1.165) is 13.0 Å². The van der Waals surface area contributed by atoms with E-state index in [4.69, 9.17) is 5.73 Å². The third-order valence-corrected chi connectivity index (χ3v) is 2.86. The number of aromatic nitrogens is 2. The van der Waals surface area contributed by atoms with Gasteiger partial charge in [-0.25, -0.2) is 14.4 Å². The maximum Gasteiger partial charge on any atom is 0.225 e. The van der Waals surface area contributed by atoms with Crippen LogP contribution in [0.3, 0.4) is 0 Å². The van der Waals surface area contributed by atoms with Crippen LogP contribution in [0.1, 0.15) is 13.3 Å². The Labute approximate surface area is 88.3 Å². The van der Waals surface area contributed by atoms with Crippen LogP contribution in [-0.4, -0.2) is 29.1 Å². The molecule has 1 fully saturated rings. The Morgan fingerprint density at radius 1 is 1.53 bits per heavy atom. The zero-order valence-corrected chi connectivity index (χ0v) is 8.73. The van der Waals surface area contributed by atoms with Crippen molar-refractivity contribution in [1.29, 1.82) is 0 Å². The minimum absolute atomic E-state index is 0.379. The monoisotopic (exact) mass is 210 g/mol. The summed E-state index contributed by atoms with van der Waals surface area (Å²) in [6.07, 6.45) is 3.45. The third kappa shape index (κ3) is 2.07. The lowest BCUT2D eigenvalue weighted by molar-refractivity contribution is 0.579. The van der Waals surface area contributed by atoms with Gasteiger partial charge in [-0.15, -0.1) is 0 Å². The number of rotatable bonds is 2. The Morgan fingerprint density at radius 2 is 2.20 bits per heavy atom. The molecule has 1 aliphatic heterocycles. The van der Waals surface area contributed by atoms with Crippen molar-refractivity contribution in [2.45, 2.75) is 19.4 Å². The maximum absolute atomic E-state index is 12.7. The number of hydrogen-bond acceptors (Lipinski definition) is 4. The predicted octanol–water partition coefficient (Wildman–Crippen LogP) is 0.789. The normalized spacial score (nSPS) is 25.9. The van der Waals surface area contributed by atoms with E-state index in [1.54, 1.807) is 0 Å². The molecule has 82 valence electrons. The Bertz CT molecular complexity index is 327. The van der Waals surface area contributed by atoms with Crippen LogP contribution in [0.5, 0.6) is 0 Å². The van der Waals surface area contributed by atoms with Gasteiger partial charge in [-0.05, 0) is 25.8 Å². The molecular weight excluding hydrogens is 195 g/mol. The van der Waals surface area contributed by atoms with Crippen LogP contribution in [0.25, 0.3) is 0 Å². The molecule has 2 atom stereocenters. The quantitative estimate of drug-likeness (QED) is 0.784. The molecule has 2 N–H and O–H groups in total. The Morgan fingerprint density at radius 3 is 2.73 bits per heavy atom. The van der Waals surface area contributed by atoms with Crippen molar-refractivity contribution >= 4 is 5.95 Å². The summed E-state index contributed by atoms with van der Waals surface area (Å²) in [5.74, 6) is 0.689. The highest BCUT2D eigenvalue weighted by molar-refractivity contribution is 5.32. The zero-order valence-electron chi connectivity index (χ0n) is 8.73. The van der Waals surface area contributed by atoms with E-state index in [0.29, 0.717) is 24.5 Å². The van der Waals surface area contributed by atoms with Gasteiger partial charge in [0.2, 0.25) is 5.95 Å². The van der Waals surface area contributed by atoms with Crippen molar-refractivity contribution in [2.24, 2.45) is 11.7 Å². The van der Waals surface area contributed by atoms with E-state index < -0.39 is 5.82 Å². The standard InChI is InChI=1S/C10H15FN4/c1-7-2-8(3-12)6-15(7)10-13-4-9(11)5-14-10/h4-5,7-8H,2-3,6,12H2,1H3. The SMILES string of the molecule is CC1CC(CN)CN1c1ncc(F)cn1. The molecule has 5 heteroatoms. The first-order valence-electron chi connectivity index (χ1n) is 5.15. The van der Waals surface area contributed by atoms with Gasteiger partial charge in [-0.2, -0.15) is 0 Å². The number of nitrogens with two attached hydrogens (primary N) is 1. The molecule has 0 saturated carbocycles. The molecule has 0 aromatic carbocycles. The van der Waals surface area contributed by atoms with Gasteiger partial charge in [0.15, 0.2) is 5.82 Å². The smallest absolute Gasteiger partial charge is 0.225 e. The van der Waals surface area contributed by atoms with E-state index in [9.17, 15) is 4.39 Å². The van der Waals surface area contributed by atoms with Crippen molar-refractivity contribution in [2.75, 3.05) is 18.0 Å². The van der Waals surface area contributed by atoms with Crippen LogP contribution in [0, 0.1) is 11.7 Å². The summed E-state index contributed by atoms with van der Waals surface area (Å²) < 4.78 is 12.7. The van der Waals surface area contributed by atoms with Gasteiger partial charge in [-0.1, -0.05) is 0 Å². The second-order valence-corrected chi connectivity index (χ2v) is 4.04. The summed E-state index contributed by atoms with van der Waals surface area (Å²) in [5.41, 5.74) is 5.63. The number of hydrogen-bond donors (Lipinski definition) is 1. The highest BCUT2D eigenvalue weighted by Crippen LogP contribution is 2.25. The van der Waals surface area contributed by atoms with E-state index in [2.05, 4.69) is 21.8 Å². The second kappa shape index (κ2) is 4.10. The minimum atomic E-state index is -0.402. The van der Waals surface area contributed by atoms with Crippen LogP contribution in [0.15, 0.2) is 12.4 Å². The number of halogens is 1. The van der Waals surface area contributed by atoms with Gasteiger partial charge >= 0.3 is 0 Å². The molecular formula is C10H15FN4. The molecule has 0 spiro atoms. The van der Waals surface area contributed by atoms with Gasteiger partial charge < -0.3 is 10.6 Å². The minimum Gasteiger partial charge on any atom is -0.338 e. The average Bonchev–Trinajstić information content (AvgIpc) is 2.61. The Balaban J connectivity index is 2.14. The van der Waals surface area contributed by atoms with E-state index >= 15 is 0 Å². The summed E-state index contributed by atoms with van der Waals surface area (Å²) in [5, 5.41) is 0. The average molecular weight is 210 g/mol.